The molecule has 0 atom stereocenters. The fraction of sp³-hybridized carbons (Fsp3) is 0.0667. The predicted molar refractivity (Wildman–Crippen MR) is 76.9 cm³/mol. The number of rotatable bonds is 2. The summed E-state index contributed by atoms with van der Waals surface area (Å²) in [5.41, 5.74) is 2.02. The monoisotopic (exact) mass is 267 g/mol. The standard InChI is InChI=1S/C15H13N3O2/c1-18(12-3-2-4-13(19)8-12)15(20)10-5-6-11-9-16-17-14(11)7-10/h2-9,19H,1H3,(H,16,17). The summed E-state index contributed by atoms with van der Waals surface area (Å²) in [7, 11) is 1.67. The number of fused-ring (bicyclic) bond motifs is 1. The number of phenols is 1. The molecule has 100 valence electrons. The van der Waals surface area contributed by atoms with E-state index in [-0.39, 0.29) is 11.7 Å². The summed E-state index contributed by atoms with van der Waals surface area (Å²) in [6.45, 7) is 0. The zero-order chi connectivity index (χ0) is 14.1. The van der Waals surface area contributed by atoms with E-state index in [0.717, 1.165) is 10.9 Å². The molecule has 1 heterocycles. The summed E-state index contributed by atoms with van der Waals surface area (Å²) in [4.78, 5) is 13.9. The molecule has 2 N–H and O–H groups in total. The molecule has 0 spiro atoms. The van der Waals surface area contributed by atoms with Crippen molar-refractivity contribution in [2.75, 3.05) is 11.9 Å². The highest BCUT2D eigenvalue weighted by Crippen LogP contribution is 2.21. The summed E-state index contributed by atoms with van der Waals surface area (Å²) in [5, 5.41) is 17.2. The predicted octanol–water partition coefficient (Wildman–Crippen LogP) is 2.55. The quantitative estimate of drug-likeness (QED) is 0.749. The normalized spacial score (nSPS) is 10.7. The summed E-state index contributed by atoms with van der Waals surface area (Å²) >= 11 is 0. The number of nitrogens with one attached hydrogen (secondary N) is 1. The van der Waals surface area contributed by atoms with Crippen LogP contribution >= 0.6 is 0 Å². The molecule has 5 nitrogen and oxygen atoms in total. The Kier molecular flexibility index (Phi) is 2.87. The number of nitrogens with zero attached hydrogens (tertiary/aromatic N) is 2. The smallest absolute Gasteiger partial charge is 0.258 e. The minimum atomic E-state index is -0.146. The van der Waals surface area contributed by atoms with E-state index in [1.165, 1.54) is 4.90 Å². The molecular formula is C15H13N3O2. The molecule has 0 bridgehead atoms. The largest absolute Gasteiger partial charge is 0.508 e. The molecule has 0 fully saturated rings. The third-order valence-corrected chi connectivity index (χ3v) is 3.21. The molecule has 0 aliphatic rings. The summed E-state index contributed by atoms with van der Waals surface area (Å²) in [6, 6.07) is 12.0. The van der Waals surface area contributed by atoms with Crippen molar-refractivity contribution >= 4 is 22.5 Å². The van der Waals surface area contributed by atoms with Crippen molar-refractivity contribution in [2.45, 2.75) is 0 Å². The van der Waals surface area contributed by atoms with E-state index in [9.17, 15) is 9.90 Å². The number of hydrogen-bond donors (Lipinski definition) is 2. The number of aromatic hydroxyl groups is 1. The molecule has 0 aliphatic carbocycles. The van der Waals surface area contributed by atoms with Crippen LogP contribution in [0.3, 0.4) is 0 Å². The van der Waals surface area contributed by atoms with Gasteiger partial charge in [0.2, 0.25) is 0 Å². The molecule has 1 amide bonds. The second-order valence-corrected chi connectivity index (χ2v) is 4.56. The summed E-state index contributed by atoms with van der Waals surface area (Å²) in [5.74, 6) is -0.0155. The van der Waals surface area contributed by atoms with Gasteiger partial charge in [-0.05, 0) is 24.3 Å². The second-order valence-electron chi connectivity index (χ2n) is 4.56. The Labute approximate surface area is 115 Å². The third-order valence-electron chi connectivity index (χ3n) is 3.21. The van der Waals surface area contributed by atoms with Crippen molar-refractivity contribution in [3.8, 4) is 5.75 Å². The number of phenolic OH excluding ortho intramolecular Hbond substituents is 1. The first kappa shape index (κ1) is 12.2. The van der Waals surface area contributed by atoms with Crippen LogP contribution in [-0.4, -0.2) is 28.3 Å². The molecule has 3 rings (SSSR count). The molecule has 0 unspecified atom stereocenters. The van der Waals surface area contributed by atoms with Crippen molar-refractivity contribution in [1.82, 2.24) is 10.2 Å². The Morgan fingerprint density at radius 2 is 2.10 bits per heavy atom. The van der Waals surface area contributed by atoms with Crippen LogP contribution < -0.4 is 4.90 Å². The van der Waals surface area contributed by atoms with E-state index >= 15 is 0 Å². The highest BCUT2D eigenvalue weighted by molar-refractivity contribution is 6.07. The van der Waals surface area contributed by atoms with Crippen molar-refractivity contribution in [3.05, 3.63) is 54.2 Å². The van der Waals surface area contributed by atoms with E-state index in [1.807, 2.05) is 6.07 Å². The Morgan fingerprint density at radius 3 is 2.90 bits per heavy atom. The van der Waals surface area contributed by atoms with Gasteiger partial charge >= 0.3 is 0 Å². The van der Waals surface area contributed by atoms with E-state index < -0.39 is 0 Å². The van der Waals surface area contributed by atoms with Crippen molar-refractivity contribution in [1.29, 1.82) is 0 Å². The first-order chi connectivity index (χ1) is 9.65. The Hall–Kier alpha value is -2.82. The highest BCUT2D eigenvalue weighted by Gasteiger charge is 2.14. The van der Waals surface area contributed by atoms with Crippen LogP contribution in [0.15, 0.2) is 48.7 Å². The van der Waals surface area contributed by atoms with Gasteiger partial charge in [-0.2, -0.15) is 5.10 Å². The SMILES string of the molecule is CN(C(=O)c1ccc2cn[nH]c2c1)c1cccc(O)c1. The number of hydrogen-bond acceptors (Lipinski definition) is 3. The van der Waals surface area contributed by atoms with E-state index in [2.05, 4.69) is 10.2 Å². The van der Waals surface area contributed by atoms with Crippen LogP contribution in [0.2, 0.25) is 0 Å². The molecular weight excluding hydrogens is 254 g/mol. The number of aromatic nitrogens is 2. The van der Waals surface area contributed by atoms with Gasteiger partial charge in [0.1, 0.15) is 5.75 Å². The molecule has 0 saturated carbocycles. The first-order valence-electron chi connectivity index (χ1n) is 6.15. The van der Waals surface area contributed by atoms with Gasteiger partial charge in [0, 0.05) is 29.8 Å². The van der Waals surface area contributed by atoms with Gasteiger partial charge in [-0.3, -0.25) is 9.89 Å². The number of anilines is 1. The fourth-order valence-corrected chi connectivity index (χ4v) is 2.08. The molecule has 5 heteroatoms. The number of H-pyrrole nitrogens is 1. The maximum atomic E-state index is 12.4. The topological polar surface area (TPSA) is 69.2 Å². The van der Waals surface area contributed by atoms with Crippen LogP contribution in [0.4, 0.5) is 5.69 Å². The van der Waals surface area contributed by atoms with Gasteiger partial charge in [0.05, 0.1) is 11.7 Å². The lowest BCUT2D eigenvalue weighted by Gasteiger charge is -2.17. The average molecular weight is 267 g/mol. The Balaban J connectivity index is 1.94. The zero-order valence-corrected chi connectivity index (χ0v) is 10.9. The minimum Gasteiger partial charge on any atom is -0.508 e. The minimum absolute atomic E-state index is 0.131. The maximum Gasteiger partial charge on any atom is 0.258 e. The van der Waals surface area contributed by atoms with Crippen molar-refractivity contribution in [3.63, 3.8) is 0 Å². The molecule has 20 heavy (non-hydrogen) atoms. The zero-order valence-electron chi connectivity index (χ0n) is 10.9. The van der Waals surface area contributed by atoms with Crippen LogP contribution in [0.5, 0.6) is 5.75 Å². The first-order valence-corrected chi connectivity index (χ1v) is 6.15. The van der Waals surface area contributed by atoms with E-state index in [4.69, 9.17) is 0 Å². The molecule has 1 aromatic heterocycles. The lowest BCUT2D eigenvalue weighted by atomic mass is 10.1. The van der Waals surface area contributed by atoms with Crippen LogP contribution in [0.25, 0.3) is 10.9 Å². The van der Waals surface area contributed by atoms with Gasteiger partial charge in [-0.1, -0.05) is 12.1 Å². The van der Waals surface area contributed by atoms with Crippen molar-refractivity contribution in [2.24, 2.45) is 0 Å². The van der Waals surface area contributed by atoms with E-state index in [1.54, 1.807) is 49.6 Å². The number of carbonyl (C=O) groups is 1. The average Bonchev–Trinajstić information content (AvgIpc) is 2.93. The molecule has 0 aliphatic heterocycles. The molecule has 0 radical (unpaired) electrons. The van der Waals surface area contributed by atoms with E-state index in [0.29, 0.717) is 11.3 Å². The third kappa shape index (κ3) is 2.09. The molecule has 2 aromatic carbocycles. The maximum absolute atomic E-state index is 12.4. The molecule has 0 saturated heterocycles. The van der Waals surface area contributed by atoms with Gasteiger partial charge in [0.25, 0.3) is 5.91 Å². The van der Waals surface area contributed by atoms with Crippen LogP contribution in [-0.2, 0) is 0 Å². The second kappa shape index (κ2) is 4.70. The van der Waals surface area contributed by atoms with Gasteiger partial charge in [0.15, 0.2) is 0 Å². The van der Waals surface area contributed by atoms with Crippen LogP contribution in [0, 0.1) is 0 Å². The molecule has 3 aromatic rings. The number of aromatic amines is 1. The lowest BCUT2D eigenvalue weighted by Crippen LogP contribution is -2.26. The summed E-state index contributed by atoms with van der Waals surface area (Å²) in [6.07, 6.45) is 1.71. The van der Waals surface area contributed by atoms with Gasteiger partial charge < -0.3 is 10.0 Å². The fourth-order valence-electron chi connectivity index (χ4n) is 2.08. The summed E-state index contributed by atoms with van der Waals surface area (Å²) < 4.78 is 0. The lowest BCUT2D eigenvalue weighted by molar-refractivity contribution is 0.0993. The van der Waals surface area contributed by atoms with Gasteiger partial charge in [-0.15, -0.1) is 0 Å². The number of carbonyl (C=O) groups excluding carboxylic acids is 1. The number of amides is 1. The van der Waals surface area contributed by atoms with Gasteiger partial charge in [-0.25, -0.2) is 0 Å². The Bertz CT molecular complexity index is 779. The number of benzene rings is 2. The van der Waals surface area contributed by atoms with Crippen LogP contribution in [0.1, 0.15) is 10.4 Å². The Morgan fingerprint density at radius 1 is 1.25 bits per heavy atom. The van der Waals surface area contributed by atoms with Crippen molar-refractivity contribution < 1.29 is 9.90 Å². The highest BCUT2D eigenvalue weighted by atomic mass is 16.3.